The molecule has 0 aliphatic heterocycles. The highest BCUT2D eigenvalue weighted by molar-refractivity contribution is 6.30. The third-order valence-electron chi connectivity index (χ3n) is 6.17. The molecule has 1 amide bonds. The summed E-state index contributed by atoms with van der Waals surface area (Å²) in [4.78, 5) is 30.3. The first-order chi connectivity index (χ1) is 16.0. The van der Waals surface area contributed by atoms with Crippen LogP contribution in [0.5, 0.6) is 0 Å². The first-order valence-corrected chi connectivity index (χ1v) is 12.3. The summed E-state index contributed by atoms with van der Waals surface area (Å²) in [6.07, 6.45) is 5.30. The summed E-state index contributed by atoms with van der Waals surface area (Å²) in [5.74, 6) is -1.33. The lowest BCUT2D eigenvalue weighted by atomic mass is 9.89. The third kappa shape index (κ3) is 6.36. The number of pyridine rings is 1. The third-order valence-corrected chi connectivity index (χ3v) is 6.42. The van der Waals surface area contributed by atoms with Gasteiger partial charge in [-0.2, -0.15) is 0 Å². The number of carbonyl (C=O) groups is 2. The minimum atomic E-state index is -1.24. The lowest BCUT2D eigenvalue weighted by Crippen LogP contribution is -2.36. The second-order valence-corrected chi connectivity index (χ2v) is 10.5. The maximum atomic E-state index is 13.3. The number of carbonyl (C=O) groups excluding carboxylic acids is 1. The summed E-state index contributed by atoms with van der Waals surface area (Å²) in [5.41, 5.74) is 2.55. The van der Waals surface area contributed by atoms with Crippen molar-refractivity contribution in [3.8, 4) is 11.1 Å². The van der Waals surface area contributed by atoms with E-state index in [1.807, 2.05) is 39.8 Å². The summed E-state index contributed by atoms with van der Waals surface area (Å²) < 4.78 is 5.98. The number of benzene rings is 1. The van der Waals surface area contributed by atoms with Gasteiger partial charge in [-0.15, -0.1) is 0 Å². The molecule has 0 spiro atoms. The van der Waals surface area contributed by atoms with E-state index in [0.717, 1.165) is 31.2 Å². The van der Waals surface area contributed by atoms with Crippen molar-refractivity contribution in [3.05, 3.63) is 51.8 Å². The zero-order valence-corrected chi connectivity index (χ0v) is 21.5. The number of carboxylic acids is 1. The number of ether oxygens (including phenoxy) is 1. The maximum Gasteiger partial charge on any atom is 0.337 e. The Bertz CT molecular complexity index is 1040. The van der Waals surface area contributed by atoms with Gasteiger partial charge in [0.15, 0.2) is 6.10 Å². The van der Waals surface area contributed by atoms with E-state index in [9.17, 15) is 14.7 Å². The second-order valence-electron chi connectivity index (χ2n) is 10.1. The molecule has 1 heterocycles. The molecule has 6 nitrogen and oxygen atoms in total. The summed E-state index contributed by atoms with van der Waals surface area (Å²) in [7, 11) is 0. The van der Waals surface area contributed by atoms with E-state index in [1.165, 1.54) is 12.8 Å². The Morgan fingerprint density at radius 2 is 1.68 bits per heavy atom. The Balaban J connectivity index is 2.14. The first kappa shape index (κ1) is 26.2. The van der Waals surface area contributed by atoms with Crippen LogP contribution in [0.1, 0.15) is 92.7 Å². The average Bonchev–Trinajstić information content (AvgIpc) is 3.02. The SMILES string of the molecule is Cc1nc(C(=O)NC2CCCCCC2)c(C)c(-c2ccc(Cl)cc2)c1[C@H](OC(C)(C)C)C(=O)O. The monoisotopic (exact) mass is 486 g/mol. The fourth-order valence-corrected chi connectivity index (χ4v) is 4.73. The Kier molecular flexibility index (Phi) is 8.37. The average molecular weight is 487 g/mol. The van der Waals surface area contributed by atoms with Crippen molar-refractivity contribution in [3.63, 3.8) is 0 Å². The molecule has 1 fully saturated rings. The summed E-state index contributed by atoms with van der Waals surface area (Å²) in [5, 5.41) is 13.8. The van der Waals surface area contributed by atoms with E-state index in [2.05, 4.69) is 10.3 Å². The van der Waals surface area contributed by atoms with Crippen LogP contribution in [0.2, 0.25) is 5.02 Å². The van der Waals surface area contributed by atoms with Crippen LogP contribution in [0.25, 0.3) is 11.1 Å². The molecule has 0 bridgehead atoms. The van der Waals surface area contributed by atoms with Crippen molar-refractivity contribution in [1.82, 2.24) is 10.3 Å². The molecule has 1 aromatic heterocycles. The normalized spacial score (nSPS) is 16.1. The molecule has 1 aliphatic carbocycles. The lowest BCUT2D eigenvalue weighted by molar-refractivity contribution is -0.160. The molecular weight excluding hydrogens is 452 g/mol. The smallest absolute Gasteiger partial charge is 0.337 e. The number of hydrogen-bond donors (Lipinski definition) is 2. The minimum Gasteiger partial charge on any atom is -0.479 e. The van der Waals surface area contributed by atoms with Gasteiger partial charge in [-0.1, -0.05) is 49.4 Å². The molecule has 1 aromatic carbocycles. The van der Waals surface area contributed by atoms with Gasteiger partial charge in [0, 0.05) is 22.3 Å². The number of hydrogen-bond acceptors (Lipinski definition) is 4. The standard InChI is InChI=1S/C27H35ClN2O4/c1-16-21(18-12-14-19(28)15-13-18)22(24(26(32)33)34-27(3,4)5)17(2)29-23(16)25(31)30-20-10-8-6-7-9-11-20/h12-15,20,24H,6-11H2,1-5H3,(H,30,31)(H,32,33)/t24-/m0/s1. The van der Waals surface area contributed by atoms with Gasteiger partial charge < -0.3 is 15.2 Å². The van der Waals surface area contributed by atoms with E-state index in [4.69, 9.17) is 16.3 Å². The van der Waals surface area contributed by atoms with Gasteiger partial charge >= 0.3 is 5.97 Å². The van der Waals surface area contributed by atoms with E-state index in [0.29, 0.717) is 33.1 Å². The van der Waals surface area contributed by atoms with Crippen molar-refractivity contribution in [1.29, 1.82) is 0 Å². The highest BCUT2D eigenvalue weighted by Crippen LogP contribution is 2.38. The van der Waals surface area contributed by atoms with Crippen LogP contribution in [0.4, 0.5) is 0 Å². The number of nitrogens with zero attached hydrogens (tertiary/aromatic N) is 1. The summed E-state index contributed by atoms with van der Waals surface area (Å²) >= 11 is 6.12. The first-order valence-electron chi connectivity index (χ1n) is 12.0. The zero-order valence-electron chi connectivity index (χ0n) is 20.7. The fourth-order valence-electron chi connectivity index (χ4n) is 4.61. The van der Waals surface area contributed by atoms with Crippen molar-refractivity contribution in [2.45, 2.75) is 90.9 Å². The van der Waals surface area contributed by atoms with Gasteiger partial charge in [0.05, 0.1) is 5.60 Å². The van der Waals surface area contributed by atoms with Gasteiger partial charge in [0.2, 0.25) is 0 Å². The van der Waals surface area contributed by atoms with E-state index in [1.54, 1.807) is 19.1 Å². The van der Waals surface area contributed by atoms with E-state index >= 15 is 0 Å². The second kappa shape index (κ2) is 10.9. The predicted octanol–water partition coefficient (Wildman–Crippen LogP) is 6.41. The number of halogens is 1. The Morgan fingerprint density at radius 1 is 1.09 bits per heavy atom. The number of carboxylic acid groups (broad SMARTS) is 1. The van der Waals surface area contributed by atoms with Crippen molar-refractivity contribution in [2.24, 2.45) is 0 Å². The van der Waals surface area contributed by atoms with Gasteiger partial charge in [-0.25, -0.2) is 9.78 Å². The van der Waals surface area contributed by atoms with Gasteiger partial charge in [0.1, 0.15) is 5.69 Å². The molecule has 0 saturated heterocycles. The topological polar surface area (TPSA) is 88.5 Å². The van der Waals surface area contributed by atoms with Gasteiger partial charge in [-0.05, 0) is 76.3 Å². The molecule has 34 heavy (non-hydrogen) atoms. The summed E-state index contributed by atoms with van der Waals surface area (Å²) in [6.45, 7) is 9.00. The van der Waals surface area contributed by atoms with Crippen molar-refractivity contribution >= 4 is 23.5 Å². The predicted molar refractivity (Wildman–Crippen MR) is 134 cm³/mol. The minimum absolute atomic E-state index is 0.131. The molecule has 1 atom stereocenters. The fraction of sp³-hybridized carbons (Fsp3) is 0.519. The van der Waals surface area contributed by atoms with E-state index < -0.39 is 17.7 Å². The summed E-state index contributed by atoms with van der Waals surface area (Å²) in [6, 6.07) is 7.29. The highest BCUT2D eigenvalue weighted by atomic mass is 35.5. The van der Waals surface area contributed by atoms with Crippen LogP contribution in [0, 0.1) is 13.8 Å². The van der Waals surface area contributed by atoms with Crippen molar-refractivity contribution in [2.75, 3.05) is 0 Å². The number of aliphatic carboxylic acids is 1. The molecule has 3 rings (SSSR count). The molecule has 1 aliphatic rings. The molecule has 0 radical (unpaired) electrons. The van der Waals surface area contributed by atoms with Gasteiger partial charge in [0.25, 0.3) is 5.91 Å². The van der Waals surface area contributed by atoms with Gasteiger partial charge in [-0.3, -0.25) is 4.79 Å². The molecule has 2 N–H and O–H groups in total. The molecule has 1 saturated carbocycles. The van der Waals surface area contributed by atoms with Crippen LogP contribution in [-0.4, -0.2) is 33.6 Å². The van der Waals surface area contributed by atoms with Crippen LogP contribution in [0.3, 0.4) is 0 Å². The number of nitrogens with one attached hydrogen (secondary N) is 1. The number of rotatable bonds is 6. The Labute approximate surface area is 207 Å². The molecule has 7 heteroatoms. The zero-order chi connectivity index (χ0) is 25.0. The molecular formula is C27H35ClN2O4. The maximum absolute atomic E-state index is 13.3. The number of aromatic nitrogens is 1. The number of aryl methyl sites for hydroxylation is 1. The lowest BCUT2D eigenvalue weighted by Gasteiger charge is -2.29. The molecule has 2 aromatic rings. The molecule has 0 unspecified atom stereocenters. The van der Waals surface area contributed by atoms with Crippen molar-refractivity contribution < 1.29 is 19.4 Å². The quantitative estimate of drug-likeness (QED) is 0.460. The largest absolute Gasteiger partial charge is 0.479 e. The number of amides is 1. The van der Waals surface area contributed by atoms with Crippen LogP contribution < -0.4 is 5.32 Å². The highest BCUT2D eigenvalue weighted by Gasteiger charge is 2.33. The van der Waals surface area contributed by atoms with Crippen LogP contribution >= 0.6 is 11.6 Å². The molecule has 184 valence electrons. The Hall–Kier alpha value is -2.44. The van der Waals surface area contributed by atoms with Crippen LogP contribution in [0.15, 0.2) is 24.3 Å². The van der Waals surface area contributed by atoms with E-state index in [-0.39, 0.29) is 11.9 Å². The Morgan fingerprint density at radius 3 is 2.21 bits per heavy atom. The van der Waals surface area contributed by atoms with Crippen LogP contribution in [-0.2, 0) is 9.53 Å².